The Morgan fingerprint density at radius 3 is 2.38 bits per heavy atom. The number of carbonyl (C=O) groups excluding carboxylic acids is 2. The Hall–Kier alpha value is -2.45. The van der Waals surface area contributed by atoms with Crippen LogP contribution in [0.2, 0.25) is 0 Å². The SMILES string of the molecule is CC.CCCOC(C)CC(C)CC.Cc1cccc(-c2csc(NC(=O)CNC(=O)OC(C)(C)C)n2)c1. The Morgan fingerprint density at radius 1 is 1.14 bits per heavy atom. The van der Waals surface area contributed by atoms with Crippen LogP contribution in [0.4, 0.5) is 9.93 Å². The first kappa shape index (κ1) is 34.6. The number of hydrogen-bond donors (Lipinski definition) is 2. The number of aryl methyl sites for hydroxylation is 1. The third-order valence-corrected chi connectivity index (χ3v) is 5.65. The van der Waals surface area contributed by atoms with Gasteiger partial charge in [-0.15, -0.1) is 11.3 Å². The first-order chi connectivity index (χ1) is 17.4. The van der Waals surface area contributed by atoms with Gasteiger partial charge in [0, 0.05) is 17.6 Å². The molecule has 1 heterocycles. The van der Waals surface area contributed by atoms with E-state index in [1.807, 2.05) is 50.4 Å². The maximum Gasteiger partial charge on any atom is 0.408 e. The highest BCUT2D eigenvalue weighted by Gasteiger charge is 2.17. The number of nitrogens with zero attached hydrogens (tertiary/aromatic N) is 1. The van der Waals surface area contributed by atoms with Crippen molar-refractivity contribution in [1.29, 1.82) is 0 Å². The van der Waals surface area contributed by atoms with E-state index in [1.165, 1.54) is 24.2 Å². The number of anilines is 1. The minimum Gasteiger partial charge on any atom is -0.444 e. The summed E-state index contributed by atoms with van der Waals surface area (Å²) in [7, 11) is 0. The summed E-state index contributed by atoms with van der Waals surface area (Å²) >= 11 is 1.34. The number of amides is 2. The Kier molecular flexibility index (Phi) is 17.5. The lowest BCUT2D eigenvalue weighted by Gasteiger charge is -2.19. The number of alkyl carbamates (subject to hydrolysis) is 1. The monoisotopic (exact) mass is 535 g/mol. The fraction of sp³-hybridized carbons (Fsp3) is 0.621. The van der Waals surface area contributed by atoms with E-state index >= 15 is 0 Å². The molecule has 0 fully saturated rings. The van der Waals surface area contributed by atoms with Crippen molar-refractivity contribution in [3.8, 4) is 11.3 Å². The lowest BCUT2D eigenvalue weighted by atomic mass is 10.0. The van der Waals surface area contributed by atoms with Gasteiger partial charge in [-0.3, -0.25) is 4.79 Å². The van der Waals surface area contributed by atoms with E-state index in [1.54, 1.807) is 20.8 Å². The van der Waals surface area contributed by atoms with Crippen molar-refractivity contribution in [1.82, 2.24) is 10.3 Å². The molecule has 0 saturated carbocycles. The number of nitrogens with one attached hydrogen (secondary N) is 2. The Labute approximate surface area is 228 Å². The minimum absolute atomic E-state index is 0.172. The molecule has 8 heteroatoms. The summed E-state index contributed by atoms with van der Waals surface area (Å²) in [5.74, 6) is 0.452. The smallest absolute Gasteiger partial charge is 0.408 e. The molecule has 0 radical (unpaired) electrons. The van der Waals surface area contributed by atoms with Gasteiger partial charge in [0.15, 0.2) is 5.13 Å². The van der Waals surface area contributed by atoms with Crippen LogP contribution in [0.3, 0.4) is 0 Å². The van der Waals surface area contributed by atoms with E-state index in [9.17, 15) is 9.59 Å². The van der Waals surface area contributed by atoms with Crippen LogP contribution in [-0.4, -0.2) is 41.8 Å². The van der Waals surface area contributed by atoms with Crippen molar-refractivity contribution in [2.45, 2.75) is 100 Å². The summed E-state index contributed by atoms with van der Waals surface area (Å²) in [4.78, 5) is 27.8. The predicted octanol–water partition coefficient (Wildman–Crippen LogP) is 7.85. The van der Waals surface area contributed by atoms with Crippen LogP contribution in [0.1, 0.15) is 87.1 Å². The number of carbonyl (C=O) groups is 2. The molecule has 0 aliphatic heterocycles. The molecule has 37 heavy (non-hydrogen) atoms. The first-order valence-electron chi connectivity index (χ1n) is 13.3. The molecule has 1 aromatic heterocycles. The summed E-state index contributed by atoms with van der Waals surface area (Å²) in [6.45, 7) is 20.9. The summed E-state index contributed by atoms with van der Waals surface area (Å²) in [6, 6.07) is 7.98. The van der Waals surface area contributed by atoms with E-state index in [2.05, 4.69) is 43.3 Å². The van der Waals surface area contributed by atoms with Gasteiger partial charge in [-0.2, -0.15) is 0 Å². The van der Waals surface area contributed by atoms with Crippen LogP contribution in [-0.2, 0) is 14.3 Å². The highest BCUT2D eigenvalue weighted by Crippen LogP contribution is 2.25. The lowest BCUT2D eigenvalue weighted by Crippen LogP contribution is -2.37. The van der Waals surface area contributed by atoms with E-state index in [0.29, 0.717) is 11.2 Å². The second-order valence-corrected chi connectivity index (χ2v) is 10.6. The third kappa shape index (κ3) is 16.8. The third-order valence-electron chi connectivity index (χ3n) is 4.89. The van der Waals surface area contributed by atoms with Gasteiger partial charge >= 0.3 is 6.09 Å². The van der Waals surface area contributed by atoms with Gasteiger partial charge in [0.05, 0.1) is 11.8 Å². The molecule has 2 aromatic rings. The van der Waals surface area contributed by atoms with Crippen LogP contribution >= 0.6 is 11.3 Å². The normalized spacial score (nSPS) is 12.2. The maximum absolute atomic E-state index is 11.9. The summed E-state index contributed by atoms with van der Waals surface area (Å²) in [6.07, 6.45) is 3.42. The number of rotatable bonds is 10. The first-order valence-corrected chi connectivity index (χ1v) is 14.2. The quantitative estimate of drug-likeness (QED) is 0.323. The van der Waals surface area contributed by atoms with Gasteiger partial charge < -0.3 is 20.1 Å². The van der Waals surface area contributed by atoms with E-state index in [4.69, 9.17) is 9.47 Å². The molecular weight excluding hydrogens is 486 g/mol. The van der Waals surface area contributed by atoms with Gasteiger partial charge in [-0.05, 0) is 59.4 Å². The molecule has 7 nitrogen and oxygen atoms in total. The largest absolute Gasteiger partial charge is 0.444 e. The average molecular weight is 536 g/mol. The number of thiazole rings is 1. The molecule has 0 saturated heterocycles. The standard InChI is InChI=1S/C17H21N3O3S.C10H22O.C2H6/c1-11-6-5-7-12(8-11)13-10-24-15(19-13)20-14(21)9-18-16(22)23-17(2,3)4;1-5-7-11-10(4)8-9(3)6-2;1-2/h5-8,10H,9H2,1-4H3,(H,18,22)(H,19,20,21);9-10H,5-8H2,1-4H3;1-2H3. The van der Waals surface area contributed by atoms with Gasteiger partial charge in [0.2, 0.25) is 5.91 Å². The number of benzene rings is 1. The molecule has 2 amide bonds. The molecule has 2 atom stereocenters. The van der Waals surface area contributed by atoms with Crippen LogP contribution in [0.5, 0.6) is 0 Å². The molecule has 1 aromatic carbocycles. The van der Waals surface area contributed by atoms with Crippen molar-refractivity contribution in [3.05, 3.63) is 35.2 Å². The van der Waals surface area contributed by atoms with Crippen molar-refractivity contribution < 1.29 is 19.1 Å². The van der Waals surface area contributed by atoms with Crippen LogP contribution < -0.4 is 10.6 Å². The van der Waals surface area contributed by atoms with Crippen molar-refractivity contribution in [2.75, 3.05) is 18.5 Å². The second kappa shape index (κ2) is 18.7. The van der Waals surface area contributed by atoms with Gasteiger partial charge in [0.25, 0.3) is 0 Å². The average Bonchev–Trinajstić information content (AvgIpc) is 3.30. The highest BCUT2D eigenvalue weighted by molar-refractivity contribution is 7.14. The zero-order chi connectivity index (χ0) is 28.4. The summed E-state index contributed by atoms with van der Waals surface area (Å²) < 4.78 is 10.6. The lowest BCUT2D eigenvalue weighted by molar-refractivity contribution is -0.115. The van der Waals surface area contributed by atoms with Crippen molar-refractivity contribution >= 4 is 28.5 Å². The molecule has 0 spiro atoms. The highest BCUT2D eigenvalue weighted by atomic mass is 32.1. The van der Waals surface area contributed by atoms with Crippen molar-refractivity contribution in [3.63, 3.8) is 0 Å². The molecule has 0 aliphatic carbocycles. The molecule has 2 unspecified atom stereocenters. The Balaban J connectivity index is 0.000000841. The fourth-order valence-corrected chi connectivity index (χ4v) is 3.75. The van der Waals surface area contributed by atoms with Gasteiger partial charge in [-0.25, -0.2) is 9.78 Å². The zero-order valence-corrected chi connectivity index (χ0v) is 25.4. The molecule has 2 rings (SSSR count). The van der Waals surface area contributed by atoms with Crippen molar-refractivity contribution in [2.24, 2.45) is 5.92 Å². The van der Waals surface area contributed by atoms with Gasteiger partial charge in [0.1, 0.15) is 12.1 Å². The molecule has 2 N–H and O–H groups in total. The molecule has 0 bridgehead atoms. The number of hydrogen-bond acceptors (Lipinski definition) is 6. The van der Waals surface area contributed by atoms with Gasteiger partial charge in [-0.1, -0.05) is 64.8 Å². The molecular formula is C29H49N3O4S. The summed E-state index contributed by atoms with van der Waals surface area (Å²) in [5, 5.41) is 7.44. The van der Waals surface area contributed by atoms with Crippen LogP contribution in [0.15, 0.2) is 29.6 Å². The Morgan fingerprint density at radius 2 is 1.81 bits per heavy atom. The maximum atomic E-state index is 11.9. The van der Waals surface area contributed by atoms with E-state index in [0.717, 1.165) is 35.8 Å². The number of aromatic nitrogens is 1. The summed E-state index contributed by atoms with van der Waals surface area (Å²) in [5.41, 5.74) is 2.35. The predicted molar refractivity (Wildman–Crippen MR) is 156 cm³/mol. The van der Waals surface area contributed by atoms with Crippen LogP contribution in [0, 0.1) is 12.8 Å². The molecule has 0 aliphatic rings. The van der Waals surface area contributed by atoms with E-state index in [-0.39, 0.29) is 12.5 Å². The number of ether oxygens (including phenoxy) is 2. The van der Waals surface area contributed by atoms with E-state index < -0.39 is 11.7 Å². The minimum atomic E-state index is -0.628. The topological polar surface area (TPSA) is 89.6 Å². The van der Waals surface area contributed by atoms with Crippen LogP contribution in [0.25, 0.3) is 11.3 Å². The second-order valence-electron chi connectivity index (χ2n) is 9.74. The zero-order valence-electron chi connectivity index (χ0n) is 24.6. The fourth-order valence-electron chi connectivity index (χ4n) is 3.02. The molecule has 210 valence electrons. The Bertz CT molecular complexity index is 909.